The Bertz CT molecular complexity index is 782. The summed E-state index contributed by atoms with van der Waals surface area (Å²) in [4.78, 5) is 15.2. The molecule has 5 atom stereocenters. The molecule has 3 rings (SSSR count). The molecule has 0 unspecified atom stereocenters. The Balaban J connectivity index is 1.51. The molecular formula is C16H23N5O6. The smallest absolute Gasteiger partial charge is 0.187 e. The molecule has 0 amide bonds. The van der Waals surface area contributed by atoms with Gasteiger partial charge in [0.25, 0.3) is 0 Å². The number of hydrogen-bond donors (Lipinski definition) is 6. The molecule has 1 aliphatic heterocycles. The Hall–Kier alpha value is -2.15. The van der Waals surface area contributed by atoms with Gasteiger partial charge in [-0.25, -0.2) is 15.0 Å². The number of aromatic amines is 1. The Labute approximate surface area is 154 Å². The molecular weight excluding hydrogens is 358 g/mol. The van der Waals surface area contributed by atoms with Gasteiger partial charge in [0.2, 0.25) is 0 Å². The predicted octanol–water partition coefficient (Wildman–Crippen LogP) is -1.47. The number of aliphatic hydroxyl groups excluding tert-OH is 4. The molecule has 0 radical (unpaired) electrons. The normalized spacial score (nSPS) is 29.2. The number of H-pyrrole nitrogens is 1. The maximum absolute atomic E-state index is 9.94. The molecule has 148 valence electrons. The second-order valence-corrected chi connectivity index (χ2v) is 6.26. The molecule has 11 nitrogen and oxygen atoms in total. The van der Waals surface area contributed by atoms with Gasteiger partial charge in [0, 0.05) is 6.54 Å². The minimum Gasteiger partial charge on any atom is -0.394 e. The van der Waals surface area contributed by atoms with E-state index in [9.17, 15) is 20.4 Å². The Morgan fingerprint density at radius 3 is 2.85 bits per heavy atom. The van der Waals surface area contributed by atoms with Gasteiger partial charge < -0.3 is 40.2 Å². The zero-order valence-corrected chi connectivity index (χ0v) is 14.7. The topological polar surface area (TPSA) is 166 Å². The van der Waals surface area contributed by atoms with Gasteiger partial charge >= 0.3 is 0 Å². The summed E-state index contributed by atoms with van der Waals surface area (Å²) in [7, 11) is 0. The number of anilines is 1. The van der Waals surface area contributed by atoms with Gasteiger partial charge in [0.15, 0.2) is 17.8 Å². The lowest BCUT2D eigenvalue weighted by molar-refractivity contribution is -0.299. The molecule has 27 heavy (non-hydrogen) atoms. The first-order valence-electron chi connectivity index (χ1n) is 8.47. The third-order valence-electron chi connectivity index (χ3n) is 4.27. The Morgan fingerprint density at radius 1 is 1.26 bits per heavy atom. The van der Waals surface area contributed by atoms with Gasteiger partial charge in [-0.05, 0) is 12.5 Å². The minimum atomic E-state index is -1.46. The number of hydrogen-bond acceptors (Lipinski definition) is 10. The molecule has 0 spiro atoms. The van der Waals surface area contributed by atoms with E-state index in [0.717, 1.165) is 5.57 Å². The van der Waals surface area contributed by atoms with Crippen molar-refractivity contribution in [2.24, 2.45) is 0 Å². The van der Waals surface area contributed by atoms with Crippen LogP contribution in [0.4, 0.5) is 5.82 Å². The lowest BCUT2D eigenvalue weighted by atomic mass is 9.99. The summed E-state index contributed by atoms with van der Waals surface area (Å²) in [6.07, 6.45) is -1.58. The molecule has 0 aliphatic carbocycles. The van der Waals surface area contributed by atoms with Crippen LogP contribution in [0.1, 0.15) is 6.92 Å². The van der Waals surface area contributed by atoms with Crippen LogP contribution in [0.15, 0.2) is 24.3 Å². The molecule has 2 aromatic rings. The molecule has 6 N–H and O–H groups in total. The van der Waals surface area contributed by atoms with Crippen LogP contribution in [-0.4, -0.2) is 90.8 Å². The number of aliphatic hydroxyl groups is 4. The van der Waals surface area contributed by atoms with Crippen molar-refractivity contribution in [1.82, 2.24) is 19.9 Å². The first kappa shape index (κ1) is 19.6. The Morgan fingerprint density at radius 2 is 2.07 bits per heavy atom. The van der Waals surface area contributed by atoms with Crippen LogP contribution in [0, 0.1) is 0 Å². The zero-order valence-electron chi connectivity index (χ0n) is 14.7. The van der Waals surface area contributed by atoms with Crippen molar-refractivity contribution < 1.29 is 29.9 Å². The van der Waals surface area contributed by atoms with Crippen LogP contribution in [0.2, 0.25) is 0 Å². The van der Waals surface area contributed by atoms with Crippen molar-refractivity contribution in [3.8, 4) is 0 Å². The van der Waals surface area contributed by atoms with Crippen LogP contribution in [0.25, 0.3) is 11.2 Å². The lowest BCUT2D eigenvalue weighted by Gasteiger charge is -2.39. The second-order valence-electron chi connectivity index (χ2n) is 6.26. The molecule has 1 fully saturated rings. The number of nitrogens with zero attached hydrogens (tertiary/aromatic N) is 3. The van der Waals surface area contributed by atoms with Crippen molar-refractivity contribution in [2.75, 3.05) is 25.1 Å². The number of ether oxygens (including phenoxy) is 2. The first-order chi connectivity index (χ1) is 13.0. The van der Waals surface area contributed by atoms with Gasteiger partial charge in [-0.15, -0.1) is 0 Å². The van der Waals surface area contributed by atoms with Gasteiger partial charge in [-0.1, -0.05) is 6.08 Å². The van der Waals surface area contributed by atoms with Crippen LogP contribution in [0.3, 0.4) is 0 Å². The SMILES string of the molecule is C/C(=C/CNc1ncnc2nc[nH]c12)CO[C@H]1O[C@@H](CO)[C@H](O)[C@@H](O)[C@@H]1O. The van der Waals surface area contributed by atoms with E-state index in [1.165, 1.54) is 6.33 Å². The highest BCUT2D eigenvalue weighted by Gasteiger charge is 2.43. The number of rotatable bonds is 7. The lowest BCUT2D eigenvalue weighted by Crippen LogP contribution is -2.59. The van der Waals surface area contributed by atoms with E-state index in [0.29, 0.717) is 23.5 Å². The third-order valence-corrected chi connectivity index (χ3v) is 4.27. The van der Waals surface area contributed by atoms with Gasteiger partial charge in [0.05, 0.1) is 19.5 Å². The highest BCUT2D eigenvalue weighted by Crippen LogP contribution is 2.22. The van der Waals surface area contributed by atoms with E-state index >= 15 is 0 Å². The van der Waals surface area contributed by atoms with Crippen molar-refractivity contribution in [3.05, 3.63) is 24.3 Å². The molecule has 1 aliphatic rings. The average molecular weight is 381 g/mol. The highest BCUT2D eigenvalue weighted by atomic mass is 16.7. The van der Waals surface area contributed by atoms with E-state index in [2.05, 4.69) is 25.3 Å². The fraction of sp³-hybridized carbons (Fsp3) is 0.562. The monoisotopic (exact) mass is 381 g/mol. The fourth-order valence-corrected chi connectivity index (χ4v) is 2.70. The van der Waals surface area contributed by atoms with E-state index < -0.39 is 37.3 Å². The summed E-state index contributed by atoms with van der Waals surface area (Å²) in [5, 5.41) is 41.8. The maximum atomic E-state index is 9.94. The molecule has 3 heterocycles. The van der Waals surface area contributed by atoms with Crippen LogP contribution >= 0.6 is 0 Å². The highest BCUT2D eigenvalue weighted by molar-refractivity contribution is 5.81. The van der Waals surface area contributed by atoms with Crippen molar-refractivity contribution in [1.29, 1.82) is 0 Å². The first-order valence-corrected chi connectivity index (χ1v) is 8.47. The molecule has 0 saturated carbocycles. The van der Waals surface area contributed by atoms with Crippen LogP contribution in [0.5, 0.6) is 0 Å². The number of aromatic nitrogens is 4. The summed E-state index contributed by atoms with van der Waals surface area (Å²) < 4.78 is 10.8. The van der Waals surface area contributed by atoms with Crippen molar-refractivity contribution in [3.63, 3.8) is 0 Å². The average Bonchev–Trinajstić information content (AvgIpc) is 3.15. The predicted molar refractivity (Wildman–Crippen MR) is 93.6 cm³/mol. The van der Waals surface area contributed by atoms with Crippen LogP contribution < -0.4 is 5.32 Å². The molecule has 11 heteroatoms. The number of fused-ring (bicyclic) bond motifs is 1. The molecule has 0 bridgehead atoms. The van der Waals surface area contributed by atoms with Crippen LogP contribution in [-0.2, 0) is 9.47 Å². The molecule has 0 aromatic carbocycles. The summed E-state index contributed by atoms with van der Waals surface area (Å²) in [6.45, 7) is 1.94. The zero-order chi connectivity index (χ0) is 19.4. The Kier molecular flexibility index (Phi) is 6.31. The molecule has 2 aromatic heterocycles. The summed E-state index contributed by atoms with van der Waals surface area (Å²) in [5.74, 6) is 0.622. The second kappa shape index (κ2) is 8.69. The summed E-state index contributed by atoms with van der Waals surface area (Å²) in [6, 6.07) is 0. The van der Waals surface area contributed by atoms with Gasteiger partial charge in [0.1, 0.15) is 36.3 Å². The number of imidazole rings is 1. The summed E-state index contributed by atoms with van der Waals surface area (Å²) >= 11 is 0. The fourth-order valence-electron chi connectivity index (χ4n) is 2.70. The third kappa shape index (κ3) is 4.40. The van der Waals surface area contributed by atoms with E-state index in [4.69, 9.17) is 9.47 Å². The molecule has 1 saturated heterocycles. The van der Waals surface area contributed by atoms with Crippen molar-refractivity contribution >= 4 is 17.0 Å². The standard InChI is InChI=1S/C16H23N5O6/c1-8(2-3-17-14-10-15(19-6-18-10)21-7-20-14)5-26-16-13(25)12(24)11(23)9(4-22)27-16/h2,6-7,9,11-13,16,22-25H,3-5H2,1H3,(H2,17,18,19,20,21)/b8-2-/t9-,11-,12+,13-,16-/m0/s1. The van der Waals surface area contributed by atoms with E-state index in [1.807, 2.05) is 13.0 Å². The van der Waals surface area contributed by atoms with E-state index in [1.54, 1.807) is 6.33 Å². The van der Waals surface area contributed by atoms with Gasteiger partial charge in [-0.3, -0.25) is 0 Å². The van der Waals surface area contributed by atoms with E-state index in [-0.39, 0.29) is 6.61 Å². The minimum absolute atomic E-state index is 0.133. The summed E-state index contributed by atoms with van der Waals surface area (Å²) in [5.41, 5.74) is 2.12. The maximum Gasteiger partial charge on any atom is 0.187 e. The largest absolute Gasteiger partial charge is 0.394 e. The van der Waals surface area contributed by atoms with Crippen molar-refractivity contribution in [2.45, 2.75) is 37.6 Å². The quantitative estimate of drug-likeness (QED) is 0.312. The van der Waals surface area contributed by atoms with Gasteiger partial charge in [-0.2, -0.15) is 0 Å². The number of nitrogens with one attached hydrogen (secondary N) is 2.